The van der Waals surface area contributed by atoms with Crippen molar-refractivity contribution < 1.29 is 19.4 Å². The van der Waals surface area contributed by atoms with Crippen molar-refractivity contribution in [3.8, 4) is 11.8 Å². The normalized spacial score (nSPS) is 21.3. The van der Waals surface area contributed by atoms with Gasteiger partial charge in [0.05, 0.1) is 13.3 Å². The smallest absolute Gasteiger partial charge is 0.310 e. The average molecular weight is 577 g/mol. The number of rotatable bonds is 3. The summed E-state index contributed by atoms with van der Waals surface area (Å²) >= 11 is 18.4. The van der Waals surface area contributed by atoms with Crippen LogP contribution in [-0.2, 0) is 0 Å². The standard InChI is InChI=1S/C13H7Br2Cl2F5N4S/c14-13(15)3-6(13)10-9(4-23)25-26(12(10)24)11-7(16)1-5(2-8(11)17)27(18,19,20,21)22/h1-2,6H,3,24H2. The number of halogens is 9. The molecule has 0 bridgehead atoms. The number of aromatic nitrogens is 2. The number of alkyl halides is 2. The van der Waals surface area contributed by atoms with Crippen molar-refractivity contribution in [2.24, 2.45) is 0 Å². The highest BCUT2D eigenvalue weighted by atomic mass is 79.9. The van der Waals surface area contributed by atoms with E-state index in [1.165, 1.54) is 0 Å². The van der Waals surface area contributed by atoms with E-state index in [4.69, 9.17) is 28.9 Å². The summed E-state index contributed by atoms with van der Waals surface area (Å²) in [5.41, 5.74) is 5.94. The summed E-state index contributed by atoms with van der Waals surface area (Å²) in [4.78, 5) is -2.23. The molecular weight excluding hydrogens is 570 g/mol. The second kappa shape index (κ2) is 5.44. The van der Waals surface area contributed by atoms with Crippen molar-refractivity contribution in [2.75, 3.05) is 5.73 Å². The molecule has 2 N–H and O–H groups in total. The maximum Gasteiger partial charge on any atom is 0.310 e. The topological polar surface area (TPSA) is 67.6 Å². The second-order valence-corrected chi connectivity index (χ2v) is 13.0. The fraction of sp³-hybridized carbons (Fsp3) is 0.231. The molecule has 0 saturated heterocycles. The van der Waals surface area contributed by atoms with Crippen molar-refractivity contribution >= 4 is 71.1 Å². The van der Waals surface area contributed by atoms with Gasteiger partial charge in [0.2, 0.25) is 0 Å². The van der Waals surface area contributed by atoms with E-state index in [2.05, 4.69) is 37.0 Å². The lowest BCUT2D eigenvalue weighted by molar-refractivity contribution is 0.364. The summed E-state index contributed by atoms with van der Waals surface area (Å²) in [6.45, 7) is 0. The first-order valence-corrected chi connectivity index (χ1v) is 11.2. The Hall–Kier alpha value is -0.740. The minimum absolute atomic E-state index is 0.0631. The molecule has 1 atom stereocenters. The molecule has 0 aliphatic heterocycles. The largest absolute Gasteiger partial charge is 0.383 e. The van der Waals surface area contributed by atoms with Crippen LogP contribution in [0.5, 0.6) is 0 Å². The predicted octanol–water partition coefficient (Wildman–Crippen LogP) is 7.26. The molecule has 1 fully saturated rings. The maximum absolute atomic E-state index is 13.0. The molecule has 1 aliphatic rings. The molecule has 27 heavy (non-hydrogen) atoms. The van der Waals surface area contributed by atoms with E-state index < -0.39 is 28.4 Å². The number of benzene rings is 1. The molecule has 3 rings (SSSR count). The number of nitriles is 1. The van der Waals surface area contributed by atoms with Crippen LogP contribution in [0.3, 0.4) is 0 Å². The third-order valence-electron chi connectivity index (χ3n) is 3.89. The first kappa shape index (κ1) is 21.0. The lowest BCUT2D eigenvalue weighted by Crippen LogP contribution is -2.09. The monoisotopic (exact) mass is 574 g/mol. The number of nitrogen functional groups attached to an aromatic ring is 1. The number of nitrogens with two attached hydrogens (primary N) is 1. The lowest BCUT2D eigenvalue weighted by atomic mass is 10.1. The Morgan fingerprint density at radius 3 is 2.07 bits per heavy atom. The predicted molar refractivity (Wildman–Crippen MR) is 102 cm³/mol. The average Bonchev–Trinajstić information content (AvgIpc) is 2.95. The highest BCUT2D eigenvalue weighted by Gasteiger charge is 2.65. The van der Waals surface area contributed by atoms with Crippen molar-refractivity contribution in [3.63, 3.8) is 0 Å². The molecule has 4 nitrogen and oxygen atoms in total. The van der Waals surface area contributed by atoms with Crippen molar-refractivity contribution in [2.45, 2.75) is 20.5 Å². The number of anilines is 1. The minimum Gasteiger partial charge on any atom is -0.383 e. The molecule has 0 spiro atoms. The van der Waals surface area contributed by atoms with E-state index in [-0.39, 0.29) is 35.2 Å². The Morgan fingerprint density at radius 1 is 1.22 bits per heavy atom. The van der Waals surface area contributed by atoms with E-state index in [1.807, 2.05) is 6.07 Å². The van der Waals surface area contributed by atoms with E-state index in [9.17, 15) is 24.7 Å². The summed E-state index contributed by atoms with van der Waals surface area (Å²) in [6.07, 6.45) is 0.572. The molecule has 1 saturated carbocycles. The Bertz CT molecular complexity index is 1010. The van der Waals surface area contributed by atoms with Gasteiger partial charge in [-0.3, -0.25) is 0 Å². The Kier molecular flexibility index (Phi) is 4.23. The van der Waals surface area contributed by atoms with E-state index >= 15 is 0 Å². The van der Waals surface area contributed by atoms with Crippen LogP contribution in [0.1, 0.15) is 23.6 Å². The van der Waals surface area contributed by atoms with E-state index in [0.717, 1.165) is 4.68 Å². The highest BCUT2D eigenvalue weighted by molar-refractivity contribution is 9.25. The zero-order valence-corrected chi connectivity index (χ0v) is 18.2. The SMILES string of the molecule is N#Cc1nn(-c2c(Cl)cc(S(F)(F)(F)(F)F)cc2Cl)c(N)c1C1CC1(Br)Br. The van der Waals surface area contributed by atoms with Crippen molar-refractivity contribution in [3.05, 3.63) is 33.4 Å². The summed E-state index contributed by atoms with van der Waals surface area (Å²) in [5.74, 6) is -0.316. The Morgan fingerprint density at radius 2 is 1.70 bits per heavy atom. The zero-order chi connectivity index (χ0) is 20.6. The Balaban J connectivity index is 2.21. The van der Waals surface area contributed by atoms with E-state index in [1.54, 1.807) is 0 Å². The fourth-order valence-corrected chi connectivity index (χ4v) is 5.10. The fourth-order valence-electron chi connectivity index (χ4n) is 2.53. The second-order valence-electron chi connectivity index (χ2n) is 5.89. The van der Waals surface area contributed by atoms with Gasteiger partial charge in [0.15, 0.2) is 5.69 Å². The van der Waals surface area contributed by atoms with Crippen molar-refractivity contribution in [1.29, 1.82) is 5.26 Å². The third-order valence-corrected chi connectivity index (χ3v) is 7.34. The number of hydrogen-bond donors (Lipinski definition) is 1. The zero-order valence-electron chi connectivity index (χ0n) is 12.7. The molecule has 1 aromatic heterocycles. The van der Waals surface area contributed by atoms with Gasteiger partial charge in [-0.15, -0.1) is 0 Å². The van der Waals surface area contributed by atoms with Crippen LogP contribution >= 0.6 is 65.3 Å². The molecule has 1 aromatic carbocycles. The van der Waals surface area contributed by atoms with E-state index in [0.29, 0.717) is 12.0 Å². The first-order chi connectivity index (χ1) is 12.0. The molecule has 1 unspecified atom stereocenters. The summed E-state index contributed by atoms with van der Waals surface area (Å²) in [5, 5.41) is 11.7. The highest BCUT2D eigenvalue weighted by Crippen LogP contribution is 3.02. The summed E-state index contributed by atoms with van der Waals surface area (Å²) in [7, 11) is -9.98. The van der Waals surface area contributed by atoms with Gasteiger partial charge < -0.3 is 5.73 Å². The molecule has 14 heteroatoms. The Labute approximate surface area is 176 Å². The van der Waals surface area contributed by atoms with Crippen LogP contribution < -0.4 is 5.73 Å². The van der Waals surface area contributed by atoms with Crippen molar-refractivity contribution in [1.82, 2.24) is 9.78 Å². The third kappa shape index (κ3) is 3.76. The number of hydrogen-bond acceptors (Lipinski definition) is 3. The van der Waals surface area contributed by atoms with Gasteiger partial charge in [0.25, 0.3) is 0 Å². The van der Waals surface area contributed by atoms with Crippen LogP contribution in [0.4, 0.5) is 25.2 Å². The molecular formula is C13H7Br2Cl2F5N4S. The summed E-state index contributed by atoms with van der Waals surface area (Å²) < 4.78 is 65.5. The number of nitrogens with zero attached hydrogens (tertiary/aromatic N) is 3. The van der Waals surface area contributed by atoms with Crippen LogP contribution in [0.2, 0.25) is 10.0 Å². The first-order valence-electron chi connectivity index (χ1n) is 6.86. The van der Waals surface area contributed by atoms with Gasteiger partial charge in [0, 0.05) is 11.5 Å². The quantitative estimate of drug-likeness (QED) is 0.309. The molecule has 0 radical (unpaired) electrons. The molecule has 0 amide bonds. The van der Waals surface area contributed by atoms with Gasteiger partial charge in [-0.1, -0.05) is 74.5 Å². The van der Waals surface area contributed by atoms with Crippen LogP contribution in [0, 0.1) is 11.3 Å². The summed E-state index contributed by atoms with van der Waals surface area (Å²) in [6, 6.07) is 1.96. The van der Waals surface area contributed by atoms with Crippen LogP contribution in [0.25, 0.3) is 5.69 Å². The van der Waals surface area contributed by atoms with Gasteiger partial charge in [0.1, 0.15) is 22.5 Å². The van der Waals surface area contributed by atoms with Gasteiger partial charge in [-0.2, -0.15) is 10.4 Å². The maximum atomic E-state index is 13.0. The van der Waals surface area contributed by atoms with Gasteiger partial charge >= 0.3 is 10.2 Å². The molecule has 1 heterocycles. The van der Waals surface area contributed by atoms with Crippen LogP contribution in [0.15, 0.2) is 17.0 Å². The van der Waals surface area contributed by atoms with Gasteiger partial charge in [-0.25, -0.2) is 4.68 Å². The minimum atomic E-state index is -9.98. The lowest BCUT2D eigenvalue weighted by Gasteiger charge is -2.40. The van der Waals surface area contributed by atoms with Gasteiger partial charge in [-0.05, 0) is 18.6 Å². The molecule has 2 aromatic rings. The molecule has 1 aliphatic carbocycles. The molecule has 148 valence electrons. The van der Waals surface area contributed by atoms with Crippen LogP contribution in [-0.4, -0.2) is 13.0 Å².